The van der Waals surface area contributed by atoms with E-state index in [-0.39, 0.29) is 17.6 Å². The number of methoxy groups -OCH3 is 2. The van der Waals surface area contributed by atoms with Crippen LogP contribution in [0.4, 0.5) is 4.39 Å². The summed E-state index contributed by atoms with van der Waals surface area (Å²) < 4.78 is 26.7. The zero-order chi connectivity index (χ0) is 22.4. The van der Waals surface area contributed by atoms with Gasteiger partial charge in [-0.25, -0.2) is 14.4 Å². The molecule has 7 nitrogen and oxygen atoms in total. The van der Waals surface area contributed by atoms with Gasteiger partial charge in [0.25, 0.3) is 5.91 Å². The summed E-state index contributed by atoms with van der Waals surface area (Å²) in [6.45, 7) is 1.90. The van der Waals surface area contributed by atoms with Crippen LogP contribution in [0.2, 0.25) is 0 Å². The highest BCUT2D eigenvalue weighted by Crippen LogP contribution is 2.43. The van der Waals surface area contributed by atoms with Gasteiger partial charge in [0, 0.05) is 30.5 Å². The molecule has 2 bridgehead atoms. The molecule has 1 amide bonds. The van der Waals surface area contributed by atoms with Crippen molar-refractivity contribution in [3.8, 4) is 17.0 Å². The molecule has 0 radical (unpaired) electrons. The molecule has 2 fully saturated rings. The van der Waals surface area contributed by atoms with E-state index in [1.165, 1.54) is 19.2 Å². The fourth-order valence-corrected chi connectivity index (χ4v) is 5.49. The van der Waals surface area contributed by atoms with Crippen molar-refractivity contribution in [2.75, 3.05) is 14.2 Å². The lowest BCUT2D eigenvalue weighted by molar-refractivity contribution is 0.00603. The van der Waals surface area contributed by atoms with Gasteiger partial charge in [-0.05, 0) is 62.6 Å². The molecule has 1 N–H and O–H groups in total. The van der Waals surface area contributed by atoms with Gasteiger partial charge in [0.15, 0.2) is 11.3 Å². The molecule has 2 aliphatic carbocycles. The largest absolute Gasteiger partial charge is 0.497 e. The number of fused-ring (bicyclic) bond motifs is 3. The Morgan fingerprint density at radius 1 is 1.16 bits per heavy atom. The van der Waals surface area contributed by atoms with Crippen molar-refractivity contribution in [3.05, 3.63) is 47.8 Å². The standard InChI is InChI=1S/C24H27FN4O3/c1-13-6-20(16-7-17(25)11-19(10-16)31-2)28-23-21(26-12-29(13)23)24(30)27-18-8-14-4-5-15(9-18)22(14)32-3/h6-7,10-12,14-15,18,22H,4-5,8-9H2,1-3H3,(H,27,30)/t14?,15?,18-,22+. The van der Waals surface area contributed by atoms with Crippen LogP contribution in [-0.4, -0.2) is 46.6 Å². The molecule has 2 heterocycles. The Kier molecular flexibility index (Phi) is 5.33. The second-order valence-corrected chi connectivity index (χ2v) is 8.89. The van der Waals surface area contributed by atoms with Crippen LogP contribution in [0.25, 0.3) is 16.9 Å². The highest BCUT2D eigenvalue weighted by atomic mass is 19.1. The molecule has 2 unspecified atom stereocenters. The fraction of sp³-hybridized carbons (Fsp3) is 0.458. The van der Waals surface area contributed by atoms with Gasteiger partial charge in [-0.2, -0.15) is 0 Å². The van der Waals surface area contributed by atoms with Crippen LogP contribution in [0.3, 0.4) is 0 Å². The summed E-state index contributed by atoms with van der Waals surface area (Å²) >= 11 is 0. The first-order valence-electron chi connectivity index (χ1n) is 11.0. The van der Waals surface area contributed by atoms with Gasteiger partial charge < -0.3 is 14.8 Å². The summed E-state index contributed by atoms with van der Waals surface area (Å²) in [5, 5.41) is 3.17. The van der Waals surface area contributed by atoms with Crippen molar-refractivity contribution < 1.29 is 18.7 Å². The van der Waals surface area contributed by atoms with Gasteiger partial charge in [0.2, 0.25) is 0 Å². The number of imidazole rings is 1. The zero-order valence-electron chi connectivity index (χ0n) is 18.5. The molecular weight excluding hydrogens is 411 g/mol. The lowest BCUT2D eigenvalue weighted by Crippen LogP contribution is -2.44. The van der Waals surface area contributed by atoms with E-state index in [2.05, 4.69) is 15.3 Å². The molecule has 32 heavy (non-hydrogen) atoms. The monoisotopic (exact) mass is 438 g/mol. The highest BCUT2D eigenvalue weighted by molar-refractivity contribution is 5.98. The summed E-state index contributed by atoms with van der Waals surface area (Å²) in [5.41, 5.74) is 2.71. The van der Waals surface area contributed by atoms with Crippen LogP contribution in [0, 0.1) is 24.6 Å². The van der Waals surface area contributed by atoms with Crippen LogP contribution in [0.5, 0.6) is 5.75 Å². The number of carbonyl (C=O) groups is 1. The zero-order valence-corrected chi connectivity index (χ0v) is 18.5. The lowest BCUT2D eigenvalue weighted by atomic mass is 9.82. The third-order valence-electron chi connectivity index (χ3n) is 6.93. The van der Waals surface area contributed by atoms with Crippen molar-refractivity contribution in [1.82, 2.24) is 19.7 Å². The molecule has 0 saturated heterocycles. The molecule has 2 atom stereocenters. The fourth-order valence-electron chi connectivity index (χ4n) is 5.49. The van der Waals surface area contributed by atoms with E-state index in [9.17, 15) is 9.18 Å². The molecule has 168 valence electrons. The van der Waals surface area contributed by atoms with Gasteiger partial charge in [-0.1, -0.05) is 0 Å². The minimum Gasteiger partial charge on any atom is -0.497 e. The number of rotatable bonds is 5. The second kappa shape index (κ2) is 8.16. The lowest BCUT2D eigenvalue weighted by Gasteiger charge is -2.34. The number of hydrogen-bond donors (Lipinski definition) is 1. The summed E-state index contributed by atoms with van der Waals surface area (Å²) in [6, 6.07) is 6.40. The molecule has 2 aromatic heterocycles. The van der Waals surface area contributed by atoms with Crippen molar-refractivity contribution in [2.45, 2.75) is 44.8 Å². The van der Waals surface area contributed by atoms with Gasteiger partial charge >= 0.3 is 0 Å². The first-order chi connectivity index (χ1) is 15.5. The van der Waals surface area contributed by atoms with Crippen molar-refractivity contribution >= 4 is 11.6 Å². The van der Waals surface area contributed by atoms with Gasteiger partial charge in [-0.3, -0.25) is 9.20 Å². The Morgan fingerprint density at radius 2 is 1.91 bits per heavy atom. The van der Waals surface area contributed by atoms with Crippen molar-refractivity contribution in [2.24, 2.45) is 11.8 Å². The summed E-state index contributed by atoms with van der Waals surface area (Å²) in [6.07, 6.45) is 6.08. The average molecular weight is 439 g/mol. The molecule has 0 spiro atoms. The first kappa shape index (κ1) is 20.9. The molecule has 0 aliphatic heterocycles. The van der Waals surface area contributed by atoms with E-state index in [4.69, 9.17) is 9.47 Å². The van der Waals surface area contributed by atoms with Crippen LogP contribution in [-0.2, 0) is 4.74 Å². The predicted octanol–water partition coefficient (Wildman–Crippen LogP) is 3.79. The Balaban J connectivity index is 1.44. The Bertz CT molecular complexity index is 1160. The maximum atomic E-state index is 14.0. The van der Waals surface area contributed by atoms with E-state index in [1.54, 1.807) is 23.9 Å². The number of hydrogen-bond acceptors (Lipinski definition) is 5. The van der Waals surface area contributed by atoms with Gasteiger partial charge in [0.1, 0.15) is 17.9 Å². The van der Waals surface area contributed by atoms with Crippen LogP contribution in [0.15, 0.2) is 30.6 Å². The van der Waals surface area contributed by atoms with E-state index in [0.717, 1.165) is 31.4 Å². The van der Waals surface area contributed by atoms with Gasteiger partial charge in [0.05, 0.1) is 18.9 Å². The van der Waals surface area contributed by atoms with Crippen LogP contribution in [0.1, 0.15) is 41.9 Å². The Morgan fingerprint density at radius 3 is 2.59 bits per heavy atom. The molecule has 5 rings (SSSR count). The predicted molar refractivity (Wildman–Crippen MR) is 117 cm³/mol. The number of benzene rings is 1. The number of ether oxygens (including phenoxy) is 2. The van der Waals surface area contributed by atoms with Crippen molar-refractivity contribution in [3.63, 3.8) is 0 Å². The van der Waals surface area contributed by atoms with Crippen LogP contribution < -0.4 is 10.1 Å². The Labute approximate surface area is 186 Å². The van der Waals surface area contributed by atoms with E-state index >= 15 is 0 Å². The van der Waals surface area contributed by atoms with E-state index in [0.29, 0.717) is 40.6 Å². The van der Waals surface area contributed by atoms with Crippen LogP contribution >= 0.6 is 0 Å². The molecule has 8 heteroatoms. The smallest absolute Gasteiger partial charge is 0.274 e. The molecule has 2 saturated carbocycles. The topological polar surface area (TPSA) is 77.8 Å². The van der Waals surface area contributed by atoms with E-state index < -0.39 is 5.82 Å². The molecule has 2 aliphatic rings. The Hall–Kier alpha value is -3.00. The number of nitrogens with one attached hydrogen (secondary N) is 1. The van der Waals surface area contributed by atoms with E-state index in [1.807, 2.05) is 13.0 Å². The minimum atomic E-state index is -0.411. The third kappa shape index (κ3) is 3.62. The SMILES string of the molecule is COc1cc(F)cc(-c2cc(C)n3cnc(C(=O)N[C@H]4CC5CCC(C4)[C@@H]5OC)c3n2)c1. The molecule has 1 aromatic carbocycles. The summed E-state index contributed by atoms with van der Waals surface area (Å²) in [5.74, 6) is 0.766. The van der Waals surface area contributed by atoms with Crippen molar-refractivity contribution in [1.29, 1.82) is 0 Å². The maximum Gasteiger partial charge on any atom is 0.274 e. The van der Waals surface area contributed by atoms with Gasteiger partial charge in [-0.15, -0.1) is 0 Å². The number of carbonyl (C=O) groups excluding carboxylic acids is 1. The maximum absolute atomic E-state index is 14.0. The number of aryl methyl sites for hydroxylation is 1. The molecular formula is C24H27FN4O3. The summed E-state index contributed by atoms with van der Waals surface area (Å²) in [4.78, 5) is 22.2. The normalized spacial score (nSPS) is 24.6. The molecule has 3 aromatic rings. The highest BCUT2D eigenvalue weighted by Gasteiger charge is 2.43. The quantitative estimate of drug-likeness (QED) is 0.656. The average Bonchev–Trinajstić information content (AvgIpc) is 3.31. The number of aromatic nitrogens is 3. The second-order valence-electron chi connectivity index (χ2n) is 8.89. The first-order valence-corrected chi connectivity index (χ1v) is 11.0. The summed E-state index contributed by atoms with van der Waals surface area (Å²) in [7, 11) is 3.28. The number of halogens is 1. The number of amides is 1. The number of nitrogens with zero attached hydrogens (tertiary/aromatic N) is 3. The minimum absolute atomic E-state index is 0.111. The third-order valence-corrected chi connectivity index (χ3v) is 6.93.